The maximum Gasteiger partial charge on any atom is 0.223 e. The standard InChI is InChI=1S/C25H31N5O2/c1-16-6-5-11-30-23(17(2)27-25(16)30)15-28(4)12-19-7-9-20(10-8-19)21-13-29(18(3)31)14-22(21)24(26)32/h5-11,21-22H,12-15H2,1-4H3,(H2,26,32)/t21-,22+/m1/s1. The van der Waals surface area contributed by atoms with Gasteiger partial charge >= 0.3 is 0 Å². The van der Waals surface area contributed by atoms with E-state index in [-0.39, 0.29) is 23.7 Å². The quantitative estimate of drug-likeness (QED) is 0.648. The highest BCUT2D eigenvalue weighted by atomic mass is 16.2. The van der Waals surface area contributed by atoms with Gasteiger partial charge in [0.1, 0.15) is 5.65 Å². The average Bonchev–Trinajstić information content (AvgIpc) is 3.32. The SMILES string of the molecule is CC(=O)N1C[C@H](C(N)=O)[C@@H](c2ccc(CN(C)Cc3c(C)nc4c(C)cccn34)cc2)C1. The number of likely N-dealkylation sites (tertiary alicyclic amines) is 1. The lowest BCUT2D eigenvalue weighted by molar-refractivity contribution is -0.128. The van der Waals surface area contributed by atoms with Crippen LogP contribution in [-0.2, 0) is 22.7 Å². The van der Waals surface area contributed by atoms with E-state index in [1.807, 2.05) is 0 Å². The molecule has 0 saturated carbocycles. The number of carbonyl (C=O) groups excluding carboxylic acids is 2. The second kappa shape index (κ2) is 8.74. The lowest BCUT2D eigenvalue weighted by Gasteiger charge is -2.19. The van der Waals surface area contributed by atoms with Crippen molar-refractivity contribution in [3.8, 4) is 0 Å². The Morgan fingerprint density at radius 2 is 1.84 bits per heavy atom. The molecule has 0 aliphatic carbocycles. The van der Waals surface area contributed by atoms with Crippen LogP contribution in [0.3, 0.4) is 0 Å². The summed E-state index contributed by atoms with van der Waals surface area (Å²) in [4.78, 5) is 32.4. The molecule has 2 amide bonds. The Kier molecular flexibility index (Phi) is 6.02. The van der Waals surface area contributed by atoms with Gasteiger partial charge < -0.3 is 15.0 Å². The molecule has 7 nitrogen and oxygen atoms in total. The van der Waals surface area contributed by atoms with E-state index in [1.54, 1.807) is 4.90 Å². The Labute approximate surface area is 188 Å². The van der Waals surface area contributed by atoms with Crippen molar-refractivity contribution in [2.24, 2.45) is 11.7 Å². The van der Waals surface area contributed by atoms with Crippen LogP contribution in [0.2, 0.25) is 0 Å². The third-order valence-electron chi connectivity index (χ3n) is 6.55. The van der Waals surface area contributed by atoms with Crippen molar-refractivity contribution in [2.75, 3.05) is 20.1 Å². The summed E-state index contributed by atoms with van der Waals surface area (Å²) in [6.07, 6.45) is 2.07. The number of rotatable bonds is 6. The summed E-state index contributed by atoms with van der Waals surface area (Å²) >= 11 is 0. The zero-order chi connectivity index (χ0) is 23.0. The third-order valence-corrected chi connectivity index (χ3v) is 6.55. The summed E-state index contributed by atoms with van der Waals surface area (Å²) in [6, 6.07) is 12.5. The largest absolute Gasteiger partial charge is 0.369 e. The van der Waals surface area contributed by atoms with Crippen molar-refractivity contribution in [1.29, 1.82) is 0 Å². The lowest BCUT2D eigenvalue weighted by Crippen LogP contribution is -2.30. The molecule has 0 unspecified atom stereocenters. The zero-order valence-electron chi connectivity index (χ0n) is 19.2. The van der Waals surface area contributed by atoms with Gasteiger partial charge in [-0.2, -0.15) is 0 Å². The Bertz CT molecular complexity index is 1150. The highest BCUT2D eigenvalue weighted by Crippen LogP contribution is 2.33. The van der Waals surface area contributed by atoms with Crippen molar-refractivity contribution >= 4 is 17.5 Å². The summed E-state index contributed by atoms with van der Waals surface area (Å²) in [5.74, 6) is -0.752. The van der Waals surface area contributed by atoms with Crippen molar-refractivity contribution in [3.05, 3.63) is 70.7 Å². The summed E-state index contributed by atoms with van der Waals surface area (Å²) in [5, 5.41) is 0. The van der Waals surface area contributed by atoms with Crippen LogP contribution in [0.5, 0.6) is 0 Å². The molecule has 2 aromatic heterocycles. The number of hydrogen-bond acceptors (Lipinski definition) is 4. The minimum atomic E-state index is -0.346. The van der Waals surface area contributed by atoms with Gasteiger partial charge in [0, 0.05) is 45.2 Å². The van der Waals surface area contributed by atoms with Gasteiger partial charge in [-0.25, -0.2) is 4.98 Å². The molecule has 2 N–H and O–H groups in total. The van der Waals surface area contributed by atoms with Crippen molar-refractivity contribution < 1.29 is 9.59 Å². The summed E-state index contributed by atoms with van der Waals surface area (Å²) in [7, 11) is 2.10. The van der Waals surface area contributed by atoms with Crippen molar-refractivity contribution in [2.45, 2.75) is 39.8 Å². The Morgan fingerprint density at radius 3 is 2.50 bits per heavy atom. The molecule has 1 fully saturated rings. The minimum absolute atomic E-state index is 0.0186. The third kappa shape index (κ3) is 4.25. The molecule has 1 saturated heterocycles. The van der Waals surface area contributed by atoms with Gasteiger partial charge in [0.15, 0.2) is 0 Å². The molecule has 3 aromatic rings. The monoisotopic (exact) mass is 433 g/mol. The van der Waals surface area contributed by atoms with Gasteiger partial charge in [-0.05, 0) is 43.7 Å². The van der Waals surface area contributed by atoms with Crippen LogP contribution < -0.4 is 5.73 Å². The number of aromatic nitrogens is 2. The molecule has 4 rings (SSSR count). The van der Waals surface area contributed by atoms with E-state index in [1.165, 1.54) is 23.7 Å². The van der Waals surface area contributed by atoms with Crippen LogP contribution in [0.4, 0.5) is 0 Å². The highest BCUT2D eigenvalue weighted by molar-refractivity contribution is 5.81. The predicted molar refractivity (Wildman–Crippen MR) is 124 cm³/mol. The number of primary amides is 1. The molecule has 2 atom stereocenters. The first-order valence-electron chi connectivity index (χ1n) is 11.0. The second-order valence-electron chi connectivity index (χ2n) is 8.98. The zero-order valence-corrected chi connectivity index (χ0v) is 19.2. The van der Waals surface area contributed by atoms with Crippen LogP contribution in [0, 0.1) is 19.8 Å². The Hall–Kier alpha value is -3.19. The van der Waals surface area contributed by atoms with Crippen LogP contribution in [0.25, 0.3) is 5.65 Å². The molecule has 168 valence electrons. The maximum atomic E-state index is 11.9. The molecule has 1 aromatic carbocycles. The Morgan fingerprint density at radius 1 is 1.12 bits per heavy atom. The van der Waals surface area contributed by atoms with Gasteiger partial charge in [0.25, 0.3) is 0 Å². The fraction of sp³-hybridized carbons (Fsp3) is 0.400. The number of amides is 2. The van der Waals surface area contributed by atoms with Crippen molar-refractivity contribution in [1.82, 2.24) is 19.2 Å². The van der Waals surface area contributed by atoms with E-state index in [2.05, 4.69) is 72.8 Å². The van der Waals surface area contributed by atoms with Gasteiger partial charge in [-0.1, -0.05) is 30.3 Å². The van der Waals surface area contributed by atoms with E-state index < -0.39 is 0 Å². The number of imidazole rings is 1. The predicted octanol–water partition coefficient (Wildman–Crippen LogP) is 2.63. The average molecular weight is 434 g/mol. The van der Waals surface area contributed by atoms with E-state index in [0.29, 0.717) is 13.1 Å². The molecule has 0 spiro atoms. The highest BCUT2D eigenvalue weighted by Gasteiger charge is 2.38. The number of nitrogens with two attached hydrogens (primary N) is 1. The van der Waals surface area contributed by atoms with E-state index in [4.69, 9.17) is 10.7 Å². The number of hydrogen-bond donors (Lipinski definition) is 1. The molecule has 0 radical (unpaired) electrons. The van der Waals surface area contributed by atoms with Crippen LogP contribution in [0.1, 0.15) is 40.9 Å². The van der Waals surface area contributed by atoms with Crippen LogP contribution in [0.15, 0.2) is 42.6 Å². The van der Waals surface area contributed by atoms with Gasteiger partial charge in [0.05, 0.1) is 17.3 Å². The van der Waals surface area contributed by atoms with Gasteiger partial charge in [-0.15, -0.1) is 0 Å². The fourth-order valence-electron chi connectivity index (χ4n) is 4.74. The number of fused-ring (bicyclic) bond motifs is 1. The lowest BCUT2D eigenvalue weighted by atomic mass is 9.88. The molecule has 3 heterocycles. The molecule has 0 bridgehead atoms. The first-order chi connectivity index (χ1) is 15.2. The molecule has 7 heteroatoms. The topological polar surface area (TPSA) is 83.9 Å². The van der Waals surface area contributed by atoms with Gasteiger partial charge in [-0.3, -0.25) is 14.5 Å². The molecule has 32 heavy (non-hydrogen) atoms. The van der Waals surface area contributed by atoms with Crippen LogP contribution in [-0.4, -0.2) is 51.1 Å². The summed E-state index contributed by atoms with van der Waals surface area (Å²) in [5.41, 5.74) is 12.3. The second-order valence-corrected chi connectivity index (χ2v) is 8.98. The molecular weight excluding hydrogens is 402 g/mol. The number of benzene rings is 1. The minimum Gasteiger partial charge on any atom is -0.369 e. The number of aryl methyl sites for hydroxylation is 2. The van der Waals surface area contributed by atoms with Gasteiger partial charge in [0.2, 0.25) is 11.8 Å². The smallest absolute Gasteiger partial charge is 0.223 e. The molecule has 1 aliphatic heterocycles. The normalized spacial score (nSPS) is 18.6. The number of nitrogens with zero attached hydrogens (tertiary/aromatic N) is 4. The Balaban J connectivity index is 1.46. The maximum absolute atomic E-state index is 11.9. The van der Waals surface area contributed by atoms with E-state index in [9.17, 15) is 9.59 Å². The van der Waals surface area contributed by atoms with E-state index >= 15 is 0 Å². The first kappa shape index (κ1) is 22.0. The summed E-state index contributed by atoms with van der Waals surface area (Å²) in [6.45, 7) is 8.20. The number of pyridine rings is 1. The summed E-state index contributed by atoms with van der Waals surface area (Å²) < 4.78 is 2.18. The van der Waals surface area contributed by atoms with E-state index in [0.717, 1.165) is 30.0 Å². The first-order valence-corrected chi connectivity index (χ1v) is 11.0. The molecule has 1 aliphatic rings. The van der Waals surface area contributed by atoms with Crippen molar-refractivity contribution in [3.63, 3.8) is 0 Å². The fourth-order valence-corrected chi connectivity index (χ4v) is 4.74. The van der Waals surface area contributed by atoms with Crippen LogP contribution >= 0.6 is 0 Å². The molecular formula is C25H31N5O2. The number of carbonyl (C=O) groups is 2.